The maximum Gasteiger partial charge on any atom is 0.145 e. The van der Waals surface area contributed by atoms with E-state index in [0.29, 0.717) is 17.1 Å². The molecule has 2 aromatic carbocycles. The van der Waals surface area contributed by atoms with Crippen LogP contribution in [0, 0.1) is 17.4 Å². The molecule has 0 saturated carbocycles. The third kappa shape index (κ3) is 2.15. The second-order valence-electron chi connectivity index (χ2n) is 2.94. The van der Waals surface area contributed by atoms with E-state index < -0.39 is 0 Å². The molecule has 0 aliphatic heterocycles. The van der Waals surface area contributed by atoms with Gasteiger partial charge in [-0.25, -0.2) is 0 Å². The van der Waals surface area contributed by atoms with Crippen LogP contribution >= 0.6 is 0 Å². The summed E-state index contributed by atoms with van der Waals surface area (Å²) in [4.78, 5) is 0. The molecule has 71 valence electrons. The van der Waals surface area contributed by atoms with Crippen molar-refractivity contribution in [1.82, 2.24) is 0 Å². The summed E-state index contributed by atoms with van der Waals surface area (Å²) >= 11 is 0. The number of hydrogen-bond acceptors (Lipinski definition) is 2. The maximum atomic E-state index is 8.84. The zero-order chi connectivity index (χ0) is 10.5. The average Bonchev–Trinajstić information content (AvgIpc) is 2.31. The van der Waals surface area contributed by atoms with Gasteiger partial charge < -0.3 is 4.74 Å². The molecule has 0 amide bonds. The van der Waals surface area contributed by atoms with Gasteiger partial charge in [0.1, 0.15) is 23.1 Å². The van der Waals surface area contributed by atoms with Gasteiger partial charge in [-0.15, -0.1) is 0 Å². The standard InChI is InChI=1S/C13H8NO/c14-10-11-6-4-5-9-13(11)15-12-7-2-1-3-8-12/h1-5,7-9H. The molecule has 0 spiro atoms. The fourth-order valence-electron chi connectivity index (χ4n) is 1.21. The molecule has 0 aromatic heterocycles. The number of rotatable bonds is 2. The second kappa shape index (κ2) is 4.30. The highest BCUT2D eigenvalue weighted by molar-refractivity contribution is 5.44. The smallest absolute Gasteiger partial charge is 0.145 e. The minimum atomic E-state index is 0.418. The Morgan fingerprint density at radius 1 is 1.07 bits per heavy atom. The van der Waals surface area contributed by atoms with Crippen LogP contribution in [0.5, 0.6) is 11.5 Å². The first-order chi connectivity index (χ1) is 7.40. The van der Waals surface area contributed by atoms with Crippen LogP contribution in [0.4, 0.5) is 0 Å². The predicted molar refractivity (Wildman–Crippen MR) is 56.5 cm³/mol. The molecule has 2 heteroatoms. The minimum absolute atomic E-state index is 0.418. The van der Waals surface area contributed by atoms with Crippen LogP contribution in [-0.4, -0.2) is 0 Å². The predicted octanol–water partition coefficient (Wildman–Crippen LogP) is 3.15. The van der Waals surface area contributed by atoms with Gasteiger partial charge in [-0.1, -0.05) is 30.3 Å². The van der Waals surface area contributed by atoms with E-state index in [-0.39, 0.29) is 0 Å². The van der Waals surface area contributed by atoms with Crippen LogP contribution in [0.3, 0.4) is 0 Å². The van der Waals surface area contributed by atoms with Gasteiger partial charge in [0.2, 0.25) is 0 Å². The molecule has 0 aliphatic rings. The maximum absolute atomic E-state index is 8.84. The quantitative estimate of drug-likeness (QED) is 0.735. The molecule has 1 radical (unpaired) electrons. The number of nitriles is 1. The molecule has 15 heavy (non-hydrogen) atoms. The first kappa shape index (κ1) is 9.29. The topological polar surface area (TPSA) is 33.0 Å². The molecule has 0 atom stereocenters. The fraction of sp³-hybridized carbons (Fsp3) is 0. The van der Waals surface area contributed by atoms with Crippen LogP contribution in [0.1, 0.15) is 5.56 Å². The van der Waals surface area contributed by atoms with E-state index in [1.807, 2.05) is 36.4 Å². The van der Waals surface area contributed by atoms with Crippen molar-refractivity contribution in [1.29, 1.82) is 5.26 Å². The molecule has 2 aromatic rings. The summed E-state index contributed by atoms with van der Waals surface area (Å²) in [7, 11) is 0. The van der Waals surface area contributed by atoms with Crippen LogP contribution in [0.15, 0.2) is 48.5 Å². The molecule has 2 nitrogen and oxygen atoms in total. The summed E-state index contributed by atoms with van der Waals surface area (Å²) in [6.07, 6.45) is 0. The Morgan fingerprint density at radius 3 is 2.60 bits per heavy atom. The lowest BCUT2D eigenvalue weighted by Gasteiger charge is -2.05. The van der Waals surface area contributed by atoms with Gasteiger partial charge in [0.05, 0.1) is 0 Å². The Labute approximate surface area is 88.4 Å². The summed E-state index contributed by atoms with van der Waals surface area (Å²) in [5.41, 5.74) is 0.418. The van der Waals surface area contributed by atoms with Crippen LogP contribution in [0.2, 0.25) is 0 Å². The van der Waals surface area contributed by atoms with Gasteiger partial charge in [-0.05, 0) is 18.2 Å². The van der Waals surface area contributed by atoms with E-state index in [1.54, 1.807) is 18.2 Å². The van der Waals surface area contributed by atoms with Gasteiger partial charge in [-0.3, -0.25) is 0 Å². The summed E-state index contributed by atoms with van der Waals surface area (Å²) in [5.74, 6) is 1.25. The molecule has 0 unspecified atom stereocenters. The fourth-order valence-corrected chi connectivity index (χ4v) is 1.21. The molecule has 0 heterocycles. The number of hydrogen-bond donors (Lipinski definition) is 0. The van der Waals surface area contributed by atoms with E-state index in [4.69, 9.17) is 10.00 Å². The van der Waals surface area contributed by atoms with Gasteiger partial charge in [0.15, 0.2) is 0 Å². The lowest BCUT2D eigenvalue weighted by atomic mass is 10.2. The normalized spacial score (nSPS) is 9.27. The minimum Gasteiger partial charge on any atom is -0.456 e. The van der Waals surface area contributed by atoms with Crippen molar-refractivity contribution in [3.63, 3.8) is 0 Å². The van der Waals surface area contributed by atoms with E-state index in [0.717, 1.165) is 0 Å². The van der Waals surface area contributed by atoms with Crippen LogP contribution < -0.4 is 4.74 Å². The van der Waals surface area contributed by atoms with Crippen molar-refractivity contribution in [3.8, 4) is 17.6 Å². The first-order valence-corrected chi connectivity index (χ1v) is 4.54. The molecule has 0 bridgehead atoms. The van der Waals surface area contributed by atoms with Crippen molar-refractivity contribution in [2.45, 2.75) is 0 Å². The van der Waals surface area contributed by atoms with Crippen molar-refractivity contribution in [3.05, 3.63) is 60.2 Å². The summed E-state index contributed by atoms with van der Waals surface area (Å²) < 4.78 is 5.55. The Morgan fingerprint density at radius 2 is 1.87 bits per heavy atom. The number of ether oxygens (including phenoxy) is 1. The van der Waals surface area contributed by atoms with Crippen molar-refractivity contribution < 1.29 is 4.74 Å². The zero-order valence-corrected chi connectivity index (χ0v) is 7.97. The molecule has 2 rings (SSSR count). The second-order valence-corrected chi connectivity index (χ2v) is 2.94. The summed E-state index contributed by atoms with van der Waals surface area (Å²) in [6.45, 7) is 0. The van der Waals surface area contributed by atoms with E-state index >= 15 is 0 Å². The Hall–Kier alpha value is -2.27. The van der Waals surface area contributed by atoms with E-state index in [1.165, 1.54) is 0 Å². The zero-order valence-electron chi connectivity index (χ0n) is 7.97. The first-order valence-electron chi connectivity index (χ1n) is 4.54. The van der Waals surface area contributed by atoms with Gasteiger partial charge >= 0.3 is 0 Å². The third-order valence-electron chi connectivity index (χ3n) is 1.90. The highest BCUT2D eigenvalue weighted by atomic mass is 16.5. The number of nitrogens with zero attached hydrogens (tertiary/aromatic N) is 1. The lowest BCUT2D eigenvalue weighted by Crippen LogP contribution is -1.87. The molecule has 0 fully saturated rings. The molecule has 0 saturated heterocycles. The van der Waals surface area contributed by atoms with E-state index in [9.17, 15) is 0 Å². The third-order valence-corrected chi connectivity index (χ3v) is 1.90. The van der Waals surface area contributed by atoms with Crippen molar-refractivity contribution >= 4 is 0 Å². The summed E-state index contributed by atoms with van der Waals surface area (Å²) in [5, 5.41) is 8.84. The SMILES string of the molecule is N#Cc1[c]cccc1Oc1ccccc1. The van der Waals surface area contributed by atoms with Gasteiger partial charge in [0, 0.05) is 6.07 Å². The largest absolute Gasteiger partial charge is 0.456 e. The van der Waals surface area contributed by atoms with Gasteiger partial charge in [0.25, 0.3) is 0 Å². The van der Waals surface area contributed by atoms with Gasteiger partial charge in [-0.2, -0.15) is 5.26 Å². The Kier molecular flexibility index (Phi) is 2.66. The lowest BCUT2D eigenvalue weighted by molar-refractivity contribution is 0.481. The molecule has 0 N–H and O–H groups in total. The summed E-state index contributed by atoms with van der Waals surface area (Å²) in [6, 6.07) is 19.5. The van der Waals surface area contributed by atoms with Crippen LogP contribution in [-0.2, 0) is 0 Å². The molecular formula is C13H8NO. The monoisotopic (exact) mass is 194 g/mol. The Balaban J connectivity index is 2.29. The van der Waals surface area contributed by atoms with E-state index in [2.05, 4.69) is 6.07 Å². The van der Waals surface area contributed by atoms with Crippen molar-refractivity contribution in [2.75, 3.05) is 0 Å². The molecular weight excluding hydrogens is 186 g/mol. The molecule has 0 aliphatic carbocycles. The number of benzene rings is 2. The average molecular weight is 194 g/mol. The van der Waals surface area contributed by atoms with Crippen LogP contribution in [0.25, 0.3) is 0 Å². The Bertz CT molecular complexity index is 485. The number of para-hydroxylation sites is 1. The highest BCUT2D eigenvalue weighted by Crippen LogP contribution is 2.23. The highest BCUT2D eigenvalue weighted by Gasteiger charge is 2.02. The van der Waals surface area contributed by atoms with Crippen molar-refractivity contribution in [2.24, 2.45) is 0 Å².